The Balaban J connectivity index is 0.000000178. The van der Waals surface area contributed by atoms with Crippen LogP contribution >= 0.6 is 23.5 Å². The van der Waals surface area contributed by atoms with E-state index < -0.39 is 0 Å². The van der Waals surface area contributed by atoms with E-state index in [0.717, 1.165) is 0 Å². The molecule has 65 heavy (non-hydrogen) atoms. The molecule has 10 aromatic rings. The molecule has 0 aliphatic heterocycles. The molecule has 0 N–H and O–H groups in total. The van der Waals surface area contributed by atoms with Gasteiger partial charge in [0, 0.05) is 37.3 Å². The van der Waals surface area contributed by atoms with Crippen LogP contribution in [0.25, 0.3) is 0 Å². The van der Waals surface area contributed by atoms with Crippen molar-refractivity contribution in [1.29, 1.82) is 0 Å². The largest absolute Gasteiger partial charge is 0.0901 e. The van der Waals surface area contributed by atoms with Crippen LogP contribution in [0.3, 0.4) is 0 Å². The number of benzene rings is 10. The Kier molecular flexibility index (Phi) is 14.6. The molecular weight excluding hydrogens is 821 g/mol. The van der Waals surface area contributed by atoms with Gasteiger partial charge in [0.15, 0.2) is 0 Å². The van der Waals surface area contributed by atoms with Crippen molar-refractivity contribution in [3.8, 4) is 0 Å². The molecule has 0 fully saturated rings. The van der Waals surface area contributed by atoms with E-state index in [9.17, 15) is 0 Å². The van der Waals surface area contributed by atoms with Gasteiger partial charge in [-0.05, 0) is 98.6 Å². The quantitative estimate of drug-likeness (QED) is 0.106. The maximum absolute atomic E-state index is 2.28. The van der Waals surface area contributed by atoms with Gasteiger partial charge in [-0.1, -0.05) is 260 Å². The van der Waals surface area contributed by atoms with Crippen molar-refractivity contribution < 1.29 is 0 Å². The van der Waals surface area contributed by atoms with E-state index in [-0.39, 0.29) is 17.8 Å². The topological polar surface area (TPSA) is 0 Å². The van der Waals surface area contributed by atoms with Crippen molar-refractivity contribution >= 4 is 23.5 Å². The molecule has 0 saturated heterocycles. The van der Waals surface area contributed by atoms with Crippen LogP contribution in [0.5, 0.6) is 0 Å². The predicted octanol–water partition coefficient (Wildman–Crippen LogP) is 17.2. The Bertz CT molecular complexity index is 2660. The van der Waals surface area contributed by atoms with E-state index in [1.54, 1.807) is 11.8 Å². The predicted molar refractivity (Wildman–Crippen MR) is 276 cm³/mol. The maximum atomic E-state index is 2.28. The third-order valence-corrected chi connectivity index (χ3v) is 13.7. The molecular formula is C63H50S2. The third-order valence-electron chi connectivity index (χ3n) is 11.7. The summed E-state index contributed by atoms with van der Waals surface area (Å²) in [6.07, 6.45) is 0. The van der Waals surface area contributed by atoms with E-state index in [4.69, 9.17) is 0 Å². The summed E-state index contributed by atoms with van der Waals surface area (Å²) in [4.78, 5) is 5.02. The highest BCUT2D eigenvalue weighted by Gasteiger charge is 2.19. The monoisotopic (exact) mass is 870 g/mol. The van der Waals surface area contributed by atoms with E-state index >= 15 is 0 Å². The van der Waals surface area contributed by atoms with Gasteiger partial charge in [0.05, 0.1) is 0 Å². The Hall–Kier alpha value is -7.10. The number of hydrogen-bond donors (Lipinski definition) is 0. The van der Waals surface area contributed by atoms with Gasteiger partial charge in [-0.3, -0.25) is 0 Å². The van der Waals surface area contributed by atoms with Gasteiger partial charge in [0.1, 0.15) is 0 Å². The Morgan fingerprint density at radius 3 is 0.508 bits per heavy atom. The summed E-state index contributed by atoms with van der Waals surface area (Å²) in [6, 6.07) is 102. The summed E-state index contributed by atoms with van der Waals surface area (Å²) in [6.45, 7) is 0. The number of hydrogen-bond acceptors (Lipinski definition) is 2. The Morgan fingerprint density at radius 1 is 0.154 bits per heavy atom. The fourth-order valence-electron chi connectivity index (χ4n) is 8.55. The molecule has 0 unspecified atom stereocenters. The molecule has 0 amide bonds. The first kappa shape index (κ1) is 43.2. The molecule has 0 bridgehead atoms. The fourth-order valence-corrected chi connectivity index (χ4v) is 10.2. The Morgan fingerprint density at radius 2 is 0.308 bits per heavy atom. The summed E-state index contributed by atoms with van der Waals surface area (Å²) in [7, 11) is 0. The van der Waals surface area contributed by atoms with Crippen LogP contribution in [0.1, 0.15) is 67.8 Å². The van der Waals surface area contributed by atoms with Gasteiger partial charge in [0.25, 0.3) is 0 Å². The van der Waals surface area contributed by atoms with Crippen LogP contribution in [-0.2, 0) is 0 Å². The summed E-state index contributed by atoms with van der Waals surface area (Å²) >= 11 is 3.61. The van der Waals surface area contributed by atoms with Crippen molar-refractivity contribution in [3.05, 3.63) is 335 Å². The minimum Gasteiger partial charge on any atom is -0.0901 e. The summed E-state index contributed by atoms with van der Waals surface area (Å²) in [5.41, 5.74) is 11.8. The molecule has 0 aromatic heterocycles. The fraction of sp³-hybridized carbons (Fsp3) is 0.0476. The Labute approximate surface area is 393 Å². The highest BCUT2D eigenvalue weighted by atomic mass is 32.2. The SMILES string of the molecule is c1ccc(C(c2ccccc2)c2ccc(Sc3ccc(C(c4ccccc4)c4ccccc4)cc3)cc2)cc1.c1ccc(Sc2ccc(C(c3ccccc3)c3ccccc3)cc2)cc1. The summed E-state index contributed by atoms with van der Waals surface area (Å²) in [5.74, 6) is 0.699. The van der Waals surface area contributed by atoms with E-state index in [0.29, 0.717) is 0 Å². The van der Waals surface area contributed by atoms with Gasteiger partial charge in [0.2, 0.25) is 0 Å². The molecule has 10 aromatic carbocycles. The molecule has 314 valence electrons. The average Bonchev–Trinajstić information content (AvgIpc) is 3.38. The van der Waals surface area contributed by atoms with Crippen molar-refractivity contribution in [2.45, 2.75) is 37.3 Å². The summed E-state index contributed by atoms with van der Waals surface area (Å²) < 4.78 is 0. The molecule has 2 heteroatoms. The lowest BCUT2D eigenvalue weighted by Crippen LogP contribution is -2.03. The van der Waals surface area contributed by atoms with Crippen LogP contribution in [0.15, 0.2) is 305 Å². The van der Waals surface area contributed by atoms with E-state index in [2.05, 4.69) is 285 Å². The second kappa shape index (κ2) is 22.0. The van der Waals surface area contributed by atoms with Gasteiger partial charge in [-0.2, -0.15) is 0 Å². The molecule has 0 spiro atoms. The zero-order chi connectivity index (χ0) is 43.9. The van der Waals surface area contributed by atoms with Crippen LogP contribution in [0, 0.1) is 0 Å². The van der Waals surface area contributed by atoms with Gasteiger partial charge in [-0.25, -0.2) is 0 Å². The van der Waals surface area contributed by atoms with Crippen molar-refractivity contribution in [2.75, 3.05) is 0 Å². The van der Waals surface area contributed by atoms with Gasteiger partial charge < -0.3 is 0 Å². The first-order valence-corrected chi connectivity index (χ1v) is 23.9. The normalized spacial score (nSPS) is 11.0. The van der Waals surface area contributed by atoms with Crippen LogP contribution in [0.4, 0.5) is 0 Å². The lowest BCUT2D eigenvalue weighted by atomic mass is 9.85. The van der Waals surface area contributed by atoms with Crippen molar-refractivity contribution in [3.63, 3.8) is 0 Å². The lowest BCUT2D eigenvalue weighted by molar-refractivity contribution is 0.973. The molecule has 0 radical (unpaired) electrons. The first-order chi connectivity index (χ1) is 32.2. The molecule has 0 heterocycles. The van der Waals surface area contributed by atoms with E-state index in [1.807, 2.05) is 11.8 Å². The van der Waals surface area contributed by atoms with Crippen LogP contribution in [0.2, 0.25) is 0 Å². The highest BCUT2D eigenvalue weighted by molar-refractivity contribution is 7.99. The smallest absolute Gasteiger partial charge is 0.0340 e. The van der Waals surface area contributed by atoms with Gasteiger partial charge in [-0.15, -0.1) is 0 Å². The molecule has 10 rings (SSSR count). The molecule has 0 saturated carbocycles. The van der Waals surface area contributed by atoms with Crippen molar-refractivity contribution in [2.24, 2.45) is 0 Å². The first-order valence-electron chi connectivity index (χ1n) is 22.3. The van der Waals surface area contributed by atoms with E-state index in [1.165, 1.54) is 69.7 Å². The standard InChI is InChI=1S/C38H30S.C25H20S/c1-5-13-29(14-6-1)37(30-15-7-2-8-16-30)33-21-25-35(26-22-33)39-36-27-23-34(24-28-36)38(31-17-9-3-10-18-31)32-19-11-4-12-20-32;1-4-10-20(11-5-1)25(21-12-6-2-7-13-21)22-16-18-24(19-17-22)26-23-14-8-3-9-15-23/h1-28,37-38H;1-19,25H. The minimum atomic E-state index is 0.221. The minimum absolute atomic E-state index is 0.221. The third kappa shape index (κ3) is 11.4. The van der Waals surface area contributed by atoms with Crippen molar-refractivity contribution in [1.82, 2.24) is 0 Å². The zero-order valence-electron chi connectivity index (χ0n) is 36.2. The van der Waals surface area contributed by atoms with Crippen LogP contribution < -0.4 is 0 Å². The second-order valence-electron chi connectivity index (χ2n) is 16.0. The van der Waals surface area contributed by atoms with Crippen LogP contribution in [-0.4, -0.2) is 0 Å². The second-order valence-corrected chi connectivity index (χ2v) is 18.3. The highest BCUT2D eigenvalue weighted by Crippen LogP contribution is 2.38. The summed E-state index contributed by atoms with van der Waals surface area (Å²) in [5, 5.41) is 0. The average molecular weight is 871 g/mol. The zero-order valence-corrected chi connectivity index (χ0v) is 37.8. The molecule has 0 nitrogen and oxygen atoms in total. The van der Waals surface area contributed by atoms with Gasteiger partial charge >= 0.3 is 0 Å². The molecule has 0 aliphatic rings. The number of rotatable bonds is 13. The lowest BCUT2D eigenvalue weighted by Gasteiger charge is -2.20. The maximum Gasteiger partial charge on any atom is 0.0340 e. The molecule has 0 aliphatic carbocycles. The molecule has 0 atom stereocenters.